The molecule has 1 fully saturated rings. The summed E-state index contributed by atoms with van der Waals surface area (Å²) in [5.41, 5.74) is 0. The lowest BCUT2D eigenvalue weighted by Gasteiger charge is -2.37. The summed E-state index contributed by atoms with van der Waals surface area (Å²) < 4.78 is 7.57. The fourth-order valence-corrected chi connectivity index (χ4v) is 4.04. The van der Waals surface area contributed by atoms with E-state index < -0.39 is 0 Å². The van der Waals surface area contributed by atoms with Gasteiger partial charge in [-0.25, -0.2) is 4.98 Å². The maximum absolute atomic E-state index is 5.54. The molecule has 1 N–H and O–H groups in total. The van der Waals surface area contributed by atoms with Gasteiger partial charge in [0.05, 0.1) is 6.54 Å². The average Bonchev–Trinajstić information content (AvgIpc) is 2.94. The van der Waals surface area contributed by atoms with Gasteiger partial charge in [0.2, 0.25) is 0 Å². The normalized spacial score (nSPS) is 18.0. The Morgan fingerprint density at radius 3 is 2.83 bits per heavy atom. The number of hydrogen-bond donors (Lipinski definition) is 1. The molecule has 1 saturated heterocycles. The number of nitrogens with zero attached hydrogens (tertiary/aromatic N) is 5. The van der Waals surface area contributed by atoms with Crippen LogP contribution in [0.25, 0.3) is 0 Å². The molecular formula is C15H28N6OS. The van der Waals surface area contributed by atoms with Gasteiger partial charge in [0.15, 0.2) is 5.96 Å². The molecule has 0 radical (unpaired) electrons. The van der Waals surface area contributed by atoms with E-state index in [4.69, 9.17) is 4.74 Å². The van der Waals surface area contributed by atoms with Crippen molar-refractivity contribution in [3.05, 3.63) is 12.2 Å². The van der Waals surface area contributed by atoms with Crippen LogP contribution in [0.3, 0.4) is 0 Å². The maximum Gasteiger partial charge on any atom is 0.193 e. The Balaban J connectivity index is 1.94. The Kier molecular flexibility index (Phi) is 6.71. The third-order valence-electron chi connectivity index (χ3n) is 4.18. The van der Waals surface area contributed by atoms with Gasteiger partial charge < -0.3 is 15.0 Å². The van der Waals surface area contributed by atoms with Gasteiger partial charge >= 0.3 is 0 Å². The largest absolute Gasteiger partial charge is 0.381 e. The van der Waals surface area contributed by atoms with E-state index in [1.807, 2.05) is 32.9 Å². The second-order valence-electron chi connectivity index (χ2n) is 5.79. The van der Waals surface area contributed by atoms with Gasteiger partial charge in [0, 0.05) is 45.6 Å². The summed E-state index contributed by atoms with van der Waals surface area (Å²) in [5, 5.41) is 7.65. The van der Waals surface area contributed by atoms with Crippen molar-refractivity contribution in [2.75, 3.05) is 39.6 Å². The van der Waals surface area contributed by atoms with Crippen molar-refractivity contribution in [2.45, 2.75) is 31.1 Å². The van der Waals surface area contributed by atoms with Crippen molar-refractivity contribution in [1.82, 2.24) is 25.0 Å². The molecule has 7 nitrogen and oxygen atoms in total. The van der Waals surface area contributed by atoms with Crippen LogP contribution in [0.2, 0.25) is 0 Å². The van der Waals surface area contributed by atoms with E-state index in [0.29, 0.717) is 6.54 Å². The van der Waals surface area contributed by atoms with Gasteiger partial charge in [-0.15, -0.1) is 0 Å². The molecule has 0 spiro atoms. The number of aryl methyl sites for hydroxylation is 1. The monoisotopic (exact) mass is 340 g/mol. The number of aromatic nitrogens is 3. The van der Waals surface area contributed by atoms with E-state index in [0.717, 1.165) is 50.1 Å². The number of guanidine groups is 1. The first kappa shape index (κ1) is 18.1. The second kappa shape index (κ2) is 8.54. The van der Waals surface area contributed by atoms with Gasteiger partial charge in [-0.3, -0.25) is 9.67 Å². The lowest BCUT2D eigenvalue weighted by atomic mass is 9.99. The second-order valence-corrected chi connectivity index (χ2v) is 7.52. The molecule has 2 heterocycles. The van der Waals surface area contributed by atoms with E-state index in [-0.39, 0.29) is 4.75 Å². The van der Waals surface area contributed by atoms with Crippen LogP contribution in [0, 0.1) is 0 Å². The van der Waals surface area contributed by atoms with Crippen LogP contribution >= 0.6 is 11.8 Å². The van der Waals surface area contributed by atoms with Gasteiger partial charge in [-0.05, 0) is 18.6 Å². The highest BCUT2D eigenvalue weighted by atomic mass is 32.2. The third-order valence-corrected chi connectivity index (χ3v) is 5.63. The summed E-state index contributed by atoms with van der Waals surface area (Å²) in [7, 11) is 5.74. The maximum atomic E-state index is 5.54. The minimum absolute atomic E-state index is 0.245. The molecule has 0 atom stereocenters. The van der Waals surface area contributed by atoms with E-state index in [1.165, 1.54) is 0 Å². The fraction of sp³-hybridized carbons (Fsp3) is 0.800. The summed E-state index contributed by atoms with van der Waals surface area (Å²) in [6.45, 7) is 5.50. The van der Waals surface area contributed by atoms with Crippen molar-refractivity contribution in [3.8, 4) is 0 Å². The number of ether oxygens (including phenoxy) is 1. The molecule has 23 heavy (non-hydrogen) atoms. The fourth-order valence-electron chi connectivity index (χ4n) is 2.80. The molecule has 1 aliphatic heterocycles. The molecule has 1 aromatic heterocycles. The predicted octanol–water partition coefficient (Wildman–Crippen LogP) is 1.12. The molecule has 130 valence electrons. The van der Waals surface area contributed by atoms with Gasteiger partial charge in [0.25, 0.3) is 0 Å². The highest BCUT2D eigenvalue weighted by Gasteiger charge is 2.33. The average molecular weight is 340 g/mol. The Morgan fingerprint density at radius 1 is 1.52 bits per heavy atom. The third kappa shape index (κ3) is 4.84. The molecule has 0 amide bonds. The molecular weight excluding hydrogens is 312 g/mol. The van der Waals surface area contributed by atoms with Crippen molar-refractivity contribution in [1.29, 1.82) is 0 Å². The van der Waals surface area contributed by atoms with Crippen LogP contribution in [-0.4, -0.2) is 70.0 Å². The minimum atomic E-state index is 0.245. The number of thioether (sulfide) groups is 1. The summed E-state index contributed by atoms with van der Waals surface area (Å²) >= 11 is 2.03. The first-order chi connectivity index (χ1) is 11.1. The van der Waals surface area contributed by atoms with Gasteiger partial charge in [0.1, 0.15) is 12.2 Å². The van der Waals surface area contributed by atoms with Crippen LogP contribution in [0.4, 0.5) is 0 Å². The molecule has 0 bridgehead atoms. The molecule has 0 unspecified atom stereocenters. The highest BCUT2D eigenvalue weighted by Crippen LogP contribution is 2.34. The Labute approximate surface area is 142 Å². The molecule has 1 aromatic rings. The zero-order chi connectivity index (χ0) is 16.7. The van der Waals surface area contributed by atoms with Crippen LogP contribution < -0.4 is 5.32 Å². The summed E-state index contributed by atoms with van der Waals surface area (Å²) in [6, 6.07) is 0. The van der Waals surface area contributed by atoms with Gasteiger partial charge in [-0.2, -0.15) is 16.9 Å². The Bertz CT molecular complexity index is 506. The quantitative estimate of drug-likeness (QED) is 0.618. The van der Waals surface area contributed by atoms with Crippen molar-refractivity contribution in [3.63, 3.8) is 0 Å². The van der Waals surface area contributed by atoms with Crippen molar-refractivity contribution in [2.24, 2.45) is 12.0 Å². The predicted molar refractivity (Wildman–Crippen MR) is 94.7 cm³/mol. The number of hydrogen-bond acceptors (Lipinski definition) is 5. The van der Waals surface area contributed by atoms with E-state index in [2.05, 4.69) is 32.2 Å². The number of nitrogens with one attached hydrogen (secondary N) is 1. The van der Waals surface area contributed by atoms with Crippen molar-refractivity contribution < 1.29 is 4.74 Å². The van der Waals surface area contributed by atoms with Crippen molar-refractivity contribution >= 4 is 17.7 Å². The molecule has 0 aromatic carbocycles. The van der Waals surface area contributed by atoms with E-state index in [1.54, 1.807) is 11.0 Å². The summed E-state index contributed by atoms with van der Waals surface area (Å²) in [6.07, 6.45) is 3.75. The minimum Gasteiger partial charge on any atom is -0.381 e. The molecule has 2 rings (SSSR count). The number of aliphatic imine (C=N–C) groups is 1. The molecule has 0 aliphatic carbocycles. The standard InChI is InChI=1S/C15H28N6OS/c1-5-23-15(6-8-22-9-7-15)11-17-14(16-2)20(3)10-13-18-12-19-21(13)4/h12H,5-11H2,1-4H3,(H,16,17). The highest BCUT2D eigenvalue weighted by molar-refractivity contribution is 8.00. The zero-order valence-electron chi connectivity index (χ0n) is 14.6. The van der Waals surface area contributed by atoms with Crippen LogP contribution in [0.15, 0.2) is 11.3 Å². The van der Waals surface area contributed by atoms with Crippen LogP contribution in [0.5, 0.6) is 0 Å². The lowest BCUT2D eigenvalue weighted by molar-refractivity contribution is 0.0780. The van der Waals surface area contributed by atoms with E-state index in [9.17, 15) is 0 Å². The molecule has 8 heteroatoms. The number of rotatable bonds is 6. The molecule has 0 saturated carbocycles. The summed E-state index contributed by atoms with van der Waals surface area (Å²) in [4.78, 5) is 10.8. The topological polar surface area (TPSA) is 67.6 Å². The SMILES string of the molecule is CCSC1(CNC(=NC)N(C)Cc2ncnn2C)CCOCC1. The Morgan fingerprint density at radius 2 is 2.26 bits per heavy atom. The van der Waals surface area contributed by atoms with Crippen LogP contribution in [-0.2, 0) is 18.3 Å². The molecule has 1 aliphatic rings. The summed E-state index contributed by atoms with van der Waals surface area (Å²) in [5.74, 6) is 2.92. The Hall–Kier alpha value is -1.28. The zero-order valence-corrected chi connectivity index (χ0v) is 15.4. The smallest absolute Gasteiger partial charge is 0.193 e. The lowest BCUT2D eigenvalue weighted by Crippen LogP contribution is -2.48. The van der Waals surface area contributed by atoms with E-state index >= 15 is 0 Å². The first-order valence-corrected chi connectivity index (χ1v) is 9.05. The van der Waals surface area contributed by atoms with Gasteiger partial charge in [-0.1, -0.05) is 6.92 Å². The van der Waals surface area contributed by atoms with Crippen LogP contribution in [0.1, 0.15) is 25.6 Å². The first-order valence-electron chi connectivity index (χ1n) is 8.06.